The molecule has 1 aliphatic rings. The number of rotatable bonds is 3. The van der Waals surface area contributed by atoms with Gasteiger partial charge in [0.15, 0.2) is 0 Å². The first kappa shape index (κ1) is 10.2. The number of aromatic nitrogens is 1. The number of nitrogens with zero attached hydrogens (tertiary/aromatic N) is 1. The highest BCUT2D eigenvalue weighted by atomic mass is 79.9. The lowest BCUT2D eigenvalue weighted by molar-refractivity contribution is 0.310. The van der Waals surface area contributed by atoms with Crippen LogP contribution in [0, 0.1) is 0 Å². The minimum Gasteiger partial charge on any atom is -0.362 e. The first-order valence-electron chi connectivity index (χ1n) is 4.70. The molecule has 0 radical (unpaired) electrons. The van der Waals surface area contributed by atoms with Crippen molar-refractivity contribution in [1.82, 2.24) is 4.98 Å². The maximum Gasteiger partial charge on any atom is 0.140 e. The molecule has 0 saturated heterocycles. The van der Waals surface area contributed by atoms with Crippen molar-refractivity contribution in [2.45, 2.75) is 24.8 Å². The second-order valence-corrected chi connectivity index (χ2v) is 4.85. The number of anilines is 1. The van der Waals surface area contributed by atoms with Gasteiger partial charge in [0.2, 0.25) is 0 Å². The van der Waals surface area contributed by atoms with Gasteiger partial charge in [0.05, 0.1) is 10.0 Å². The van der Waals surface area contributed by atoms with Gasteiger partial charge in [-0.15, -0.1) is 11.6 Å². The van der Waals surface area contributed by atoms with Crippen molar-refractivity contribution in [3.63, 3.8) is 0 Å². The summed E-state index contributed by atoms with van der Waals surface area (Å²) in [5, 5.41) is 3.42. The SMILES string of the molecule is ClCC1(Nc2ncccc2Br)CCC1. The van der Waals surface area contributed by atoms with Gasteiger partial charge in [0.25, 0.3) is 0 Å². The largest absolute Gasteiger partial charge is 0.362 e. The maximum atomic E-state index is 5.96. The zero-order chi connectivity index (χ0) is 10.0. The van der Waals surface area contributed by atoms with E-state index in [2.05, 4.69) is 26.2 Å². The van der Waals surface area contributed by atoms with E-state index in [1.807, 2.05) is 12.1 Å². The van der Waals surface area contributed by atoms with Crippen molar-refractivity contribution in [3.8, 4) is 0 Å². The van der Waals surface area contributed by atoms with Crippen LogP contribution in [0.2, 0.25) is 0 Å². The Morgan fingerprint density at radius 3 is 2.86 bits per heavy atom. The Labute approximate surface area is 97.2 Å². The summed E-state index contributed by atoms with van der Waals surface area (Å²) < 4.78 is 0.997. The van der Waals surface area contributed by atoms with Gasteiger partial charge in [-0.2, -0.15) is 0 Å². The summed E-state index contributed by atoms with van der Waals surface area (Å²) in [5.74, 6) is 1.54. The first-order valence-corrected chi connectivity index (χ1v) is 6.03. The third-order valence-corrected chi connectivity index (χ3v) is 3.86. The van der Waals surface area contributed by atoms with Crippen LogP contribution in [0.1, 0.15) is 19.3 Å². The summed E-state index contributed by atoms with van der Waals surface area (Å²) in [6.45, 7) is 0. The van der Waals surface area contributed by atoms with Crippen molar-refractivity contribution < 1.29 is 0 Å². The smallest absolute Gasteiger partial charge is 0.140 e. The van der Waals surface area contributed by atoms with Gasteiger partial charge in [-0.3, -0.25) is 0 Å². The number of pyridine rings is 1. The number of nitrogens with one attached hydrogen (secondary N) is 1. The second-order valence-electron chi connectivity index (χ2n) is 3.73. The Morgan fingerprint density at radius 1 is 1.57 bits per heavy atom. The Bertz CT molecular complexity index is 320. The molecule has 76 valence electrons. The standard InChI is InChI=1S/C10H12BrClN2/c11-8-3-1-6-13-9(8)14-10(7-12)4-2-5-10/h1,3,6H,2,4-5,7H2,(H,13,14). The lowest BCUT2D eigenvalue weighted by Crippen LogP contribution is -2.47. The molecule has 1 N–H and O–H groups in total. The minimum atomic E-state index is 0.0818. The van der Waals surface area contributed by atoms with E-state index in [1.54, 1.807) is 6.20 Å². The van der Waals surface area contributed by atoms with Crippen LogP contribution < -0.4 is 5.32 Å². The lowest BCUT2D eigenvalue weighted by atomic mass is 9.78. The van der Waals surface area contributed by atoms with Crippen LogP contribution in [0.15, 0.2) is 22.8 Å². The predicted molar refractivity (Wildman–Crippen MR) is 62.9 cm³/mol. The molecule has 1 aromatic rings. The van der Waals surface area contributed by atoms with Crippen LogP contribution in [0.25, 0.3) is 0 Å². The molecule has 0 bridgehead atoms. The number of hydrogen-bond donors (Lipinski definition) is 1. The summed E-state index contributed by atoms with van der Waals surface area (Å²) >= 11 is 9.42. The fourth-order valence-electron chi connectivity index (χ4n) is 1.62. The average molecular weight is 276 g/mol. The van der Waals surface area contributed by atoms with Crippen LogP contribution in [0.3, 0.4) is 0 Å². The molecule has 0 spiro atoms. The van der Waals surface area contributed by atoms with Crippen molar-refractivity contribution in [1.29, 1.82) is 0 Å². The highest BCUT2D eigenvalue weighted by Crippen LogP contribution is 2.37. The summed E-state index contributed by atoms with van der Waals surface area (Å²) in [6.07, 6.45) is 5.32. The molecular weight excluding hydrogens is 263 g/mol. The third kappa shape index (κ3) is 1.89. The number of halogens is 2. The third-order valence-electron chi connectivity index (χ3n) is 2.71. The fourth-order valence-corrected chi connectivity index (χ4v) is 2.31. The first-order chi connectivity index (χ1) is 6.76. The highest BCUT2D eigenvalue weighted by molar-refractivity contribution is 9.10. The topological polar surface area (TPSA) is 24.9 Å². The van der Waals surface area contributed by atoms with E-state index < -0.39 is 0 Å². The molecule has 0 aromatic carbocycles. The van der Waals surface area contributed by atoms with E-state index in [9.17, 15) is 0 Å². The Balaban J connectivity index is 2.13. The van der Waals surface area contributed by atoms with Crippen LogP contribution >= 0.6 is 27.5 Å². The Morgan fingerprint density at radius 2 is 2.36 bits per heavy atom. The van der Waals surface area contributed by atoms with Gasteiger partial charge >= 0.3 is 0 Å². The molecule has 0 unspecified atom stereocenters. The number of hydrogen-bond acceptors (Lipinski definition) is 2. The van der Waals surface area contributed by atoms with Crippen molar-refractivity contribution in [2.24, 2.45) is 0 Å². The molecule has 1 aliphatic carbocycles. The van der Waals surface area contributed by atoms with Crippen LogP contribution in [0.5, 0.6) is 0 Å². The number of alkyl halides is 1. The molecule has 1 saturated carbocycles. The molecule has 2 rings (SSSR count). The van der Waals surface area contributed by atoms with Gasteiger partial charge < -0.3 is 5.32 Å². The molecule has 4 heteroatoms. The summed E-state index contributed by atoms with van der Waals surface area (Å²) in [5.41, 5.74) is 0.0818. The molecule has 0 atom stereocenters. The van der Waals surface area contributed by atoms with Crippen molar-refractivity contribution in [3.05, 3.63) is 22.8 Å². The Kier molecular flexibility index (Phi) is 2.98. The quantitative estimate of drug-likeness (QED) is 0.855. The van der Waals surface area contributed by atoms with E-state index >= 15 is 0 Å². The highest BCUT2D eigenvalue weighted by Gasteiger charge is 2.36. The van der Waals surface area contributed by atoms with E-state index in [4.69, 9.17) is 11.6 Å². The zero-order valence-corrected chi connectivity index (χ0v) is 10.1. The molecule has 14 heavy (non-hydrogen) atoms. The Hall–Kier alpha value is -0.280. The molecule has 1 fully saturated rings. The molecular formula is C10H12BrClN2. The molecule has 0 amide bonds. The van der Waals surface area contributed by atoms with E-state index in [0.29, 0.717) is 5.88 Å². The van der Waals surface area contributed by atoms with Crippen LogP contribution in [0.4, 0.5) is 5.82 Å². The van der Waals surface area contributed by atoms with E-state index in [1.165, 1.54) is 6.42 Å². The summed E-state index contributed by atoms with van der Waals surface area (Å²) in [6, 6.07) is 3.89. The summed E-state index contributed by atoms with van der Waals surface area (Å²) in [7, 11) is 0. The zero-order valence-electron chi connectivity index (χ0n) is 7.76. The van der Waals surface area contributed by atoms with Crippen LogP contribution in [-0.2, 0) is 0 Å². The van der Waals surface area contributed by atoms with Gasteiger partial charge in [-0.05, 0) is 47.3 Å². The van der Waals surface area contributed by atoms with E-state index in [-0.39, 0.29) is 5.54 Å². The lowest BCUT2D eigenvalue weighted by Gasteiger charge is -2.41. The molecule has 1 heterocycles. The van der Waals surface area contributed by atoms with Gasteiger partial charge in [-0.1, -0.05) is 0 Å². The molecule has 2 nitrogen and oxygen atoms in total. The van der Waals surface area contributed by atoms with Crippen molar-refractivity contribution >= 4 is 33.3 Å². The van der Waals surface area contributed by atoms with Gasteiger partial charge in [0.1, 0.15) is 5.82 Å². The van der Waals surface area contributed by atoms with Crippen LogP contribution in [-0.4, -0.2) is 16.4 Å². The fraction of sp³-hybridized carbons (Fsp3) is 0.500. The normalized spacial score (nSPS) is 18.7. The minimum absolute atomic E-state index is 0.0818. The molecule has 0 aliphatic heterocycles. The predicted octanol–water partition coefficient (Wildman–Crippen LogP) is 3.42. The average Bonchev–Trinajstić information content (AvgIpc) is 2.14. The van der Waals surface area contributed by atoms with Crippen molar-refractivity contribution in [2.75, 3.05) is 11.2 Å². The maximum absolute atomic E-state index is 5.96. The summed E-state index contributed by atoms with van der Waals surface area (Å²) in [4.78, 5) is 4.28. The van der Waals surface area contributed by atoms with E-state index in [0.717, 1.165) is 23.1 Å². The monoisotopic (exact) mass is 274 g/mol. The van der Waals surface area contributed by atoms with Gasteiger partial charge in [-0.25, -0.2) is 4.98 Å². The second kappa shape index (κ2) is 4.07. The van der Waals surface area contributed by atoms with Gasteiger partial charge in [0, 0.05) is 12.1 Å². The molecule has 1 aromatic heterocycles.